The molecule has 0 aliphatic carbocycles. The van der Waals surface area contributed by atoms with Crippen LogP contribution in [0.2, 0.25) is 0 Å². The Bertz CT molecular complexity index is 1050. The van der Waals surface area contributed by atoms with Crippen LogP contribution in [0, 0.1) is 0 Å². The predicted molar refractivity (Wildman–Crippen MR) is 113 cm³/mol. The van der Waals surface area contributed by atoms with Gasteiger partial charge in [0.25, 0.3) is 5.91 Å². The number of benzene rings is 2. The number of hydrogen-bond acceptors (Lipinski definition) is 7. The van der Waals surface area contributed by atoms with Crippen LogP contribution in [0.1, 0.15) is 10.4 Å². The van der Waals surface area contributed by atoms with E-state index >= 15 is 0 Å². The molecule has 0 atom stereocenters. The molecule has 3 aromatic rings. The highest BCUT2D eigenvalue weighted by molar-refractivity contribution is 8.01. The number of thioether (sulfide) groups is 1. The molecular formula is C20H17N3O4S2. The minimum absolute atomic E-state index is 0.0857. The second-order valence-electron chi connectivity index (χ2n) is 6.01. The van der Waals surface area contributed by atoms with Gasteiger partial charge in [0.15, 0.2) is 15.8 Å². The first-order chi connectivity index (χ1) is 14.1. The lowest BCUT2D eigenvalue weighted by Crippen LogP contribution is -2.19. The van der Waals surface area contributed by atoms with E-state index in [-0.39, 0.29) is 24.4 Å². The van der Waals surface area contributed by atoms with Crippen LogP contribution < -0.4 is 20.1 Å². The first-order valence-corrected chi connectivity index (χ1v) is 10.5. The highest BCUT2D eigenvalue weighted by atomic mass is 32.2. The molecule has 0 bridgehead atoms. The number of fused-ring (bicyclic) bond motifs is 1. The molecule has 148 valence electrons. The van der Waals surface area contributed by atoms with Crippen LogP contribution >= 0.6 is 23.1 Å². The summed E-state index contributed by atoms with van der Waals surface area (Å²) < 4.78 is 11.3. The van der Waals surface area contributed by atoms with Crippen molar-refractivity contribution in [2.45, 2.75) is 4.34 Å². The Labute approximate surface area is 175 Å². The van der Waals surface area contributed by atoms with Gasteiger partial charge in [0, 0.05) is 18.2 Å². The van der Waals surface area contributed by atoms with Crippen LogP contribution in [-0.2, 0) is 4.79 Å². The van der Waals surface area contributed by atoms with E-state index in [1.165, 1.54) is 23.1 Å². The third-order valence-corrected chi connectivity index (χ3v) is 6.24. The van der Waals surface area contributed by atoms with Crippen molar-refractivity contribution >= 4 is 39.9 Å². The highest BCUT2D eigenvalue weighted by Crippen LogP contribution is 2.38. The van der Waals surface area contributed by atoms with E-state index in [1.54, 1.807) is 25.2 Å². The van der Waals surface area contributed by atoms with Gasteiger partial charge in [-0.05, 0) is 18.2 Å². The molecule has 0 saturated carbocycles. The summed E-state index contributed by atoms with van der Waals surface area (Å²) in [6.07, 6.45) is 0. The van der Waals surface area contributed by atoms with Gasteiger partial charge < -0.3 is 20.1 Å². The van der Waals surface area contributed by atoms with Gasteiger partial charge in [0.05, 0.1) is 5.75 Å². The lowest BCUT2D eigenvalue weighted by molar-refractivity contribution is -0.118. The van der Waals surface area contributed by atoms with E-state index in [9.17, 15) is 9.59 Å². The van der Waals surface area contributed by atoms with E-state index in [0.29, 0.717) is 32.1 Å². The molecule has 0 spiro atoms. The number of anilines is 1. The summed E-state index contributed by atoms with van der Waals surface area (Å²) in [5, 5.41) is 6.16. The molecule has 0 saturated heterocycles. The maximum atomic E-state index is 12.8. The van der Waals surface area contributed by atoms with Gasteiger partial charge in [-0.2, -0.15) is 0 Å². The Morgan fingerprint density at radius 1 is 1.14 bits per heavy atom. The summed E-state index contributed by atoms with van der Waals surface area (Å²) in [7, 11) is 1.59. The summed E-state index contributed by atoms with van der Waals surface area (Å²) in [6.45, 7) is 0.152. The number of amides is 2. The fourth-order valence-corrected chi connectivity index (χ4v) is 4.58. The average molecular weight is 428 g/mol. The molecule has 0 unspecified atom stereocenters. The number of ether oxygens (including phenoxy) is 2. The van der Waals surface area contributed by atoms with Crippen molar-refractivity contribution in [2.75, 3.05) is 24.9 Å². The van der Waals surface area contributed by atoms with Gasteiger partial charge >= 0.3 is 0 Å². The quantitative estimate of drug-likeness (QED) is 0.584. The van der Waals surface area contributed by atoms with Crippen LogP contribution in [0.5, 0.6) is 11.5 Å². The number of nitrogens with zero attached hydrogens (tertiary/aromatic N) is 1. The molecule has 2 amide bonds. The molecule has 2 aromatic carbocycles. The molecule has 7 nitrogen and oxygen atoms in total. The zero-order valence-electron chi connectivity index (χ0n) is 15.4. The predicted octanol–water partition coefficient (Wildman–Crippen LogP) is 3.63. The van der Waals surface area contributed by atoms with E-state index in [2.05, 4.69) is 15.6 Å². The lowest BCUT2D eigenvalue weighted by atomic mass is 10.1. The van der Waals surface area contributed by atoms with Crippen molar-refractivity contribution in [2.24, 2.45) is 0 Å². The van der Waals surface area contributed by atoms with E-state index in [1.807, 2.05) is 30.3 Å². The van der Waals surface area contributed by atoms with Crippen LogP contribution in [0.4, 0.5) is 5.00 Å². The largest absolute Gasteiger partial charge is 0.454 e. The topological polar surface area (TPSA) is 89.6 Å². The van der Waals surface area contributed by atoms with Crippen LogP contribution in [0.3, 0.4) is 0 Å². The summed E-state index contributed by atoms with van der Waals surface area (Å²) >= 11 is 2.67. The van der Waals surface area contributed by atoms with Gasteiger partial charge in [0.1, 0.15) is 10.7 Å². The van der Waals surface area contributed by atoms with Crippen molar-refractivity contribution in [3.05, 3.63) is 54.1 Å². The van der Waals surface area contributed by atoms with Gasteiger partial charge in [-0.15, -0.1) is 0 Å². The molecular weight excluding hydrogens is 410 g/mol. The molecule has 4 rings (SSSR count). The molecule has 9 heteroatoms. The monoisotopic (exact) mass is 427 g/mol. The van der Waals surface area contributed by atoms with E-state index in [0.717, 1.165) is 5.56 Å². The fraction of sp³-hybridized carbons (Fsp3) is 0.150. The number of nitrogens with one attached hydrogen (secondary N) is 2. The van der Waals surface area contributed by atoms with E-state index < -0.39 is 0 Å². The number of carbonyl (C=O) groups excluding carboxylic acids is 2. The summed E-state index contributed by atoms with van der Waals surface area (Å²) in [5.41, 5.74) is 2.02. The SMILES string of the molecule is CNC(=O)CSc1nc(-c2ccccc2)c(NC(=O)c2ccc3c(c2)OCO3)s1. The Hall–Kier alpha value is -3.04. The molecule has 0 fully saturated rings. The fourth-order valence-electron chi connectivity index (χ4n) is 2.65. The Balaban J connectivity index is 1.60. The molecule has 1 aromatic heterocycles. The van der Waals surface area contributed by atoms with Crippen molar-refractivity contribution < 1.29 is 19.1 Å². The first-order valence-electron chi connectivity index (χ1n) is 8.74. The minimum atomic E-state index is -0.271. The zero-order chi connectivity index (χ0) is 20.2. The third kappa shape index (κ3) is 4.36. The van der Waals surface area contributed by atoms with Crippen LogP contribution in [0.25, 0.3) is 11.3 Å². The first kappa shape index (κ1) is 19.3. The maximum Gasteiger partial charge on any atom is 0.256 e. The second kappa shape index (κ2) is 8.54. The molecule has 2 heterocycles. The number of hydrogen-bond donors (Lipinski definition) is 2. The lowest BCUT2D eigenvalue weighted by Gasteiger charge is -2.06. The molecule has 29 heavy (non-hydrogen) atoms. The van der Waals surface area contributed by atoms with Gasteiger partial charge in [-0.3, -0.25) is 9.59 Å². The number of thiazole rings is 1. The van der Waals surface area contributed by atoms with Gasteiger partial charge in [0.2, 0.25) is 12.7 Å². The maximum absolute atomic E-state index is 12.8. The van der Waals surface area contributed by atoms with Gasteiger partial charge in [-0.1, -0.05) is 53.4 Å². The summed E-state index contributed by atoms with van der Waals surface area (Å²) in [6, 6.07) is 14.7. The number of rotatable bonds is 6. The number of aromatic nitrogens is 1. The summed E-state index contributed by atoms with van der Waals surface area (Å²) in [5.74, 6) is 1.07. The highest BCUT2D eigenvalue weighted by Gasteiger charge is 2.20. The van der Waals surface area contributed by atoms with Crippen molar-refractivity contribution in [1.29, 1.82) is 0 Å². The van der Waals surface area contributed by atoms with E-state index in [4.69, 9.17) is 9.47 Å². The Morgan fingerprint density at radius 2 is 1.93 bits per heavy atom. The zero-order valence-corrected chi connectivity index (χ0v) is 17.1. The summed E-state index contributed by atoms with van der Waals surface area (Å²) in [4.78, 5) is 29.0. The van der Waals surface area contributed by atoms with Crippen molar-refractivity contribution in [1.82, 2.24) is 10.3 Å². The van der Waals surface area contributed by atoms with Crippen molar-refractivity contribution in [3.63, 3.8) is 0 Å². The molecule has 1 aliphatic heterocycles. The average Bonchev–Trinajstić information content (AvgIpc) is 3.38. The third-order valence-electron chi connectivity index (χ3n) is 4.12. The molecule has 0 radical (unpaired) electrons. The molecule has 1 aliphatic rings. The van der Waals surface area contributed by atoms with Gasteiger partial charge in [-0.25, -0.2) is 4.98 Å². The Kier molecular flexibility index (Phi) is 5.68. The minimum Gasteiger partial charge on any atom is -0.454 e. The normalized spacial score (nSPS) is 11.9. The van der Waals surface area contributed by atoms with Crippen LogP contribution in [-0.4, -0.2) is 36.4 Å². The molecule has 2 N–H and O–H groups in total. The van der Waals surface area contributed by atoms with Crippen molar-refractivity contribution in [3.8, 4) is 22.8 Å². The standard InChI is InChI=1S/C20H17N3O4S2/c1-21-16(24)10-28-20-22-17(12-5-3-2-4-6-12)19(29-20)23-18(25)13-7-8-14-15(9-13)27-11-26-14/h2-9H,10-11H2,1H3,(H,21,24)(H,23,25). The second-order valence-corrected chi connectivity index (χ2v) is 8.23. The number of carbonyl (C=O) groups is 2. The van der Waals surface area contributed by atoms with Crippen LogP contribution in [0.15, 0.2) is 52.9 Å². The Morgan fingerprint density at radius 3 is 2.72 bits per heavy atom. The smallest absolute Gasteiger partial charge is 0.256 e.